The van der Waals surface area contributed by atoms with E-state index in [-0.39, 0.29) is 11.0 Å². The number of hydrogen-bond acceptors (Lipinski definition) is 3. The SMILES string of the molecule is NCc1cc(-c2ccc(Br)c(C(F)(F)F)c2)no1. The van der Waals surface area contributed by atoms with Crippen LogP contribution in [0.1, 0.15) is 11.3 Å². The molecule has 0 bridgehead atoms. The number of aromatic nitrogens is 1. The Kier molecular flexibility index (Phi) is 3.45. The van der Waals surface area contributed by atoms with Gasteiger partial charge in [-0.15, -0.1) is 0 Å². The van der Waals surface area contributed by atoms with E-state index in [0.29, 0.717) is 17.0 Å². The van der Waals surface area contributed by atoms with Gasteiger partial charge in [0.1, 0.15) is 5.69 Å². The van der Waals surface area contributed by atoms with Crippen LogP contribution in [0, 0.1) is 0 Å². The van der Waals surface area contributed by atoms with E-state index in [4.69, 9.17) is 10.3 Å². The summed E-state index contributed by atoms with van der Waals surface area (Å²) in [5.74, 6) is 0.418. The Morgan fingerprint density at radius 3 is 2.56 bits per heavy atom. The molecule has 0 amide bonds. The highest BCUT2D eigenvalue weighted by Crippen LogP contribution is 2.37. The van der Waals surface area contributed by atoms with Gasteiger partial charge in [0.2, 0.25) is 0 Å². The third-order valence-corrected chi connectivity index (χ3v) is 3.02. The third kappa shape index (κ3) is 2.56. The van der Waals surface area contributed by atoms with Crippen molar-refractivity contribution in [3.63, 3.8) is 0 Å². The van der Waals surface area contributed by atoms with Crippen LogP contribution in [0.5, 0.6) is 0 Å². The second kappa shape index (κ2) is 4.74. The zero-order valence-electron chi connectivity index (χ0n) is 8.96. The van der Waals surface area contributed by atoms with Gasteiger partial charge in [0.25, 0.3) is 0 Å². The number of rotatable bonds is 2. The molecule has 0 aliphatic rings. The predicted molar refractivity (Wildman–Crippen MR) is 62.5 cm³/mol. The summed E-state index contributed by atoms with van der Waals surface area (Å²) in [5.41, 5.74) is 5.25. The summed E-state index contributed by atoms with van der Waals surface area (Å²) in [4.78, 5) is 0. The fourth-order valence-corrected chi connectivity index (χ4v) is 1.92. The number of hydrogen-bond donors (Lipinski definition) is 1. The monoisotopic (exact) mass is 320 g/mol. The lowest BCUT2D eigenvalue weighted by Gasteiger charge is -2.09. The van der Waals surface area contributed by atoms with E-state index in [1.807, 2.05) is 0 Å². The van der Waals surface area contributed by atoms with E-state index in [1.54, 1.807) is 0 Å². The standard InChI is InChI=1S/C11H8BrF3N2O/c12-9-2-1-6(3-8(9)11(13,14)15)10-4-7(5-16)18-17-10/h1-4H,5,16H2. The van der Waals surface area contributed by atoms with E-state index >= 15 is 0 Å². The van der Waals surface area contributed by atoms with Crippen molar-refractivity contribution >= 4 is 15.9 Å². The molecule has 7 heteroatoms. The van der Waals surface area contributed by atoms with Gasteiger partial charge in [-0.3, -0.25) is 0 Å². The Hall–Kier alpha value is -1.34. The largest absolute Gasteiger partial charge is 0.417 e. The van der Waals surface area contributed by atoms with Crippen LogP contribution in [0.4, 0.5) is 13.2 Å². The molecule has 2 aromatic rings. The minimum Gasteiger partial charge on any atom is -0.359 e. The summed E-state index contributed by atoms with van der Waals surface area (Å²) in [7, 11) is 0. The summed E-state index contributed by atoms with van der Waals surface area (Å²) in [5, 5.41) is 3.67. The summed E-state index contributed by atoms with van der Waals surface area (Å²) in [6, 6.07) is 5.39. The number of nitrogens with two attached hydrogens (primary N) is 1. The second-order valence-electron chi connectivity index (χ2n) is 3.57. The highest BCUT2D eigenvalue weighted by molar-refractivity contribution is 9.10. The molecule has 0 aliphatic heterocycles. The smallest absolute Gasteiger partial charge is 0.359 e. The van der Waals surface area contributed by atoms with E-state index in [9.17, 15) is 13.2 Å². The summed E-state index contributed by atoms with van der Waals surface area (Å²) in [6.07, 6.45) is -4.42. The van der Waals surface area contributed by atoms with Crippen molar-refractivity contribution in [2.24, 2.45) is 5.73 Å². The van der Waals surface area contributed by atoms with Crippen molar-refractivity contribution in [1.82, 2.24) is 5.16 Å². The summed E-state index contributed by atoms with van der Waals surface area (Å²) < 4.78 is 43.0. The maximum atomic E-state index is 12.7. The third-order valence-electron chi connectivity index (χ3n) is 2.33. The Morgan fingerprint density at radius 1 is 1.28 bits per heavy atom. The number of halogens is 4. The van der Waals surface area contributed by atoms with Crippen LogP contribution in [0.25, 0.3) is 11.3 Å². The molecule has 0 radical (unpaired) electrons. The minimum atomic E-state index is -4.42. The molecule has 1 heterocycles. The van der Waals surface area contributed by atoms with Gasteiger partial charge in [-0.05, 0) is 12.1 Å². The Bertz CT molecular complexity index is 566. The lowest BCUT2D eigenvalue weighted by atomic mass is 10.1. The van der Waals surface area contributed by atoms with Gasteiger partial charge in [-0.1, -0.05) is 27.2 Å². The fraction of sp³-hybridized carbons (Fsp3) is 0.182. The number of alkyl halides is 3. The maximum Gasteiger partial charge on any atom is 0.417 e. The minimum absolute atomic E-state index is 0.0127. The molecule has 0 saturated heterocycles. The molecule has 2 rings (SSSR count). The molecule has 96 valence electrons. The van der Waals surface area contributed by atoms with Gasteiger partial charge in [0, 0.05) is 16.1 Å². The van der Waals surface area contributed by atoms with Gasteiger partial charge < -0.3 is 10.3 Å². The van der Waals surface area contributed by atoms with Crippen molar-refractivity contribution < 1.29 is 17.7 Å². The topological polar surface area (TPSA) is 52.0 Å². The molecule has 0 atom stereocenters. The van der Waals surface area contributed by atoms with Gasteiger partial charge in [-0.25, -0.2) is 0 Å². The van der Waals surface area contributed by atoms with Crippen molar-refractivity contribution in [1.29, 1.82) is 0 Å². The van der Waals surface area contributed by atoms with E-state index in [1.165, 1.54) is 18.2 Å². The molecule has 0 unspecified atom stereocenters. The molecule has 0 saturated carbocycles. The first kappa shape index (κ1) is 13.1. The van der Waals surface area contributed by atoms with E-state index < -0.39 is 11.7 Å². The molecule has 0 spiro atoms. The molecule has 1 aromatic heterocycles. The van der Waals surface area contributed by atoms with Crippen LogP contribution in [0.2, 0.25) is 0 Å². The summed E-state index contributed by atoms with van der Waals surface area (Å²) >= 11 is 2.87. The lowest BCUT2D eigenvalue weighted by molar-refractivity contribution is -0.138. The molecular weight excluding hydrogens is 313 g/mol. The average molecular weight is 321 g/mol. The van der Waals surface area contributed by atoms with Gasteiger partial charge in [0.05, 0.1) is 12.1 Å². The van der Waals surface area contributed by atoms with Crippen LogP contribution in [0.15, 0.2) is 33.3 Å². The van der Waals surface area contributed by atoms with Crippen molar-refractivity contribution in [3.05, 3.63) is 40.1 Å². The van der Waals surface area contributed by atoms with Gasteiger partial charge >= 0.3 is 6.18 Å². The molecule has 2 N–H and O–H groups in total. The first-order valence-corrected chi connectivity index (χ1v) is 5.74. The summed E-state index contributed by atoms with van der Waals surface area (Å²) in [6.45, 7) is 0.148. The Labute approximate surface area is 109 Å². The van der Waals surface area contributed by atoms with Crippen LogP contribution >= 0.6 is 15.9 Å². The number of benzene rings is 1. The highest BCUT2D eigenvalue weighted by Gasteiger charge is 2.33. The predicted octanol–water partition coefficient (Wildman–Crippen LogP) is 3.58. The fourth-order valence-electron chi connectivity index (χ4n) is 1.45. The molecule has 0 fully saturated rings. The Balaban J connectivity index is 2.47. The second-order valence-corrected chi connectivity index (χ2v) is 4.43. The van der Waals surface area contributed by atoms with Crippen LogP contribution in [0.3, 0.4) is 0 Å². The molecular formula is C11H8BrF3N2O. The zero-order valence-corrected chi connectivity index (χ0v) is 10.5. The van der Waals surface area contributed by atoms with Crippen molar-refractivity contribution in [3.8, 4) is 11.3 Å². The van der Waals surface area contributed by atoms with E-state index in [2.05, 4.69) is 21.1 Å². The maximum absolute atomic E-state index is 12.7. The lowest BCUT2D eigenvalue weighted by Crippen LogP contribution is -2.06. The molecule has 18 heavy (non-hydrogen) atoms. The van der Waals surface area contributed by atoms with Gasteiger partial charge in [-0.2, -0.15) is 13.2 Å². The number of nitrogens with zero attached hydrogens (tertiary/aromatic N) is 1. The van der Waals surface area contributed by atoms with Crippen LogP contribution < -0.4 is 5.73 Å². The molecule has 0 aliphatic carbocycles. The Morgan fingerprint density at radius 2 is 2.00 bits per heavy atom. The first-order chi connectivity index (χ1) is 8.41. The van der Waals surface area contributed by atoms with Gasteiger partial charge in [0.15, 0.2) is 5.76 Å². The first-order valence-electron chi connectivity index (χ1n) is 4.94. The normalized spacial score (nSPS) is 11.8. The average Bonchev–Trinajstić information content (AvgIpc) is 2.76. The van der Waals surface area contributed by atoms with Crippen LogP contribution in [-0.4, -0.2) is 5.16 Å². The zero-order chi connectivity index (χ0) is 13.3. The van der Waals surface area contributed by atoms with Crippen molar-refractivity contribution in [2.45, 2.75) is 12.7 Å². The highest BCUT2D eigenvalue weighted by atomic mass is 79.9. The van der Waals surface area contributed by atoms with Crippen molar-refractivity contribution in [2.75, 3.05) is 0 Å². The van der Waals surface area contributed by atoms with E-state index in [0.717, 1.165) is 6.07 Å². The van der Waals surface area contributed by atoms with Crippen LogP contribution in [-0.2, 0) is 12.7 Å². The molecule has 3 nitrogen and oxygen atoms in total. The quantitative estimate of drug-likeness (QED) is 0.920. The molecule has 1 aromatic carbocycles.